The minimum absolute atomic E-state index is 0.596. The molecular formula is C12H12N6. The van der Waals surface area contributed by atoms with Crippen LogP contribution in [-0.2, 0) is 6.54 Å². The third-order valence-electron chi connectivity index (χ3n) is 2.61. The van der Waals surface area contributed by atoms with Crippen LogP contribution in [0.3, 0.4) is 0 Å². The third-order valence-corrected chi connectivity index (χ3v) is 2.61. The molecule has 2 heterocycles. The van der Waals surface area contributed by atoms with Gasteiger partial charge in [-0.25, -0.2) is 0 Å². The van der Waals surface area contributed by atoms with Crippen LogP contribution < -0.4 is 5.32 Å². The van der Waals surface area contributed by atoms with Crippen LogP contribution >= 0.6 is 0 Å². The van der Waals surface area contributed by atoms with Crippen molar-refractivity contribution >= 4 is 5.69 Å². The predicted molar refractivity (Wildman–Crippen MR) is 67.7 cm³/mol. The van der Waals surface area contributed by atoms with Crippen LogP contribution in [0.15, 0.2) is 42.6 Å². The molecule has 3 N–H and O–H groups in total. The number of benzene rings is 1. The summed E-state index contributed by atoms with van der Waals surface area (Å²) in [6.07, 6.45) is 1.91. The minimum atomic E-state index is 0.596. The van der Waals surface area contributed by atoms with Crippen molar-refractivity contribution in [1.82, 2.24) is 25.6 Å². The average molecular weight is 240 g/mol. The Hall–Kier alpha value is -2.63. The van der Waals surface area contributed by atoms with Gasteiger partial charge in [-0.05, 0) is 29.5 Å². The first-order valence-corrected chi connectivity index (χ1v) is 5.62. The molecule has 6 nitrogen and oxygen atoms in total. The molecule has 0 unspecified atom stereocenters. The molecule has 90 valence electrons. The van der Waals surface area contributed by atoms with Gasteiger partial charge in [-0.15, -0.1) is 10.2 Å². The van der Waals surface area contributed by atoms with Crippen LogP contribution in [0.4, 0.5) is 5.69 Å². The van der Waals surface area contributed by atoms with Crippen molar-refractivity contribution in [2.24, 2.45) is 0 Å². The Bertz CT molecular complexity index is 599. The van der Waals surface area contributed by atoms with E-state index in [2.05, 4.69) is 30.9 Å². The van der Waals surface area contributed by atoms with Crippen LogP contribution in [0.1, 0.15) is 5.69 Å². The number of aromatic amines is 2. The molecule has 3 rings (SSSR count). The van der Waals surface area contributed by atoms with Gasteiger partial charge in [0.1, 0.15) is 0 Å². The van der Waals surface area contributed by atoms with Crippen LogP contribution in [0.2, 0.25) is 0 Å². The summed E-state index contributed by atoms with van der Waals surface area (Å²) in [5, 5.41) is 17.2. The standard InChI is InChI=1S/C12H12N6/c1-3-9(12-15-17-18-16-12)7-10(4-1)14-8-11-5-2-6-13-11/h1-7,13-14H,8H2,(H,15,16,17,18). The van der Waals surface area contributed by atoms with Gasteiger partial charge in [0.25, 0.3) is 0 Å². The summed E-state index contributed by atoms with van der Waals surface area (Å²) in [6.45, 7) is 0.753. The van der Waals surface area contributed by atoms with E-state index in [1.807, 2.05) is 42.6 Å². The number of hydrogen-bond acceptors (Lipinski definition) is 4. The van der Waals surface area contributed by atoms with E-state index in [1.165, 1.54) is 0 Å². The molecule has 6 heteroatoms. The molecule has 0 radical (unpaired) electrons. The number of anilines is 1. The zero-order chi connectivity index (χ0) is 12.2. The van der Waals surface area contributed by atoms with E-state index in [1.54, 1.807) is 0 Å². The van der Waals surface area contributed by atoms with Gasteiger partial charge in [-0.2, -0.15) is 5.21 Å². The van der Waals surface area contributed by atoms with Gasteiger partial charge in [0.05, 0.1) is 6.54 Å². The summed E-state index contributed by atoms with van der Waals surface area (Å²) in [5.74, 6) is 0.596. The fourth-order valence-corrected chi connectivity index (χ4v) is 1.73. The molecule has 0 fully saturated rings. The summed E-state index contributed by atoms with van der Waals surface area (Å²) in [6, 6.07) is 11.9. The van der Waals surface area contributed by atoms with Crippen LogP contribution in [-0.4, -0.2) is 25.6 Å². The van der Waals surface area contributed by atoms with Gasteiger partial charge in [0.15, 0.2) is 0 Å². The Morgan fingerprint density at radius 1 is 1.17 bits per heavy atom. The number of tetrazole rings is 1. The topological polar surface area (TPSA) is 82.3 Å². The fourth-order valence-electron chi connectivity index (χ4n) is 1.73. The Morgan fingerprint density at radius 3 is 2.94 bits per heavy atom. The quantitative estimate of drug-likeness (QED) is 0.649. The van der Waals surface area contributed by atoms with E-state index in [0.29, 0.717) is 5.82 Å². The molecular weight excluding hydrogens is 228 g/mol. The Kier molecular flexibility index (Phi) is 2.75. The highest BCUT2D eigenvalue weighted by atomic mass is 15.5. The van der Waals surface area contributed by atoms with E-state index in [9.17, 15) is 0 Å². The molecule has 0 bridgehead atoms. The average Bonchev–Trinajstić information content (AvgIpc) is 3.10. The summed E-state index contributed by atoms with van der Waals surface area (Å²) >= 11 is 0. The fraction of sp³-hybridized carbons (Fsp3) is 0.0833. The van der Waals surface area contributed by atoms with Crippen LogP contribution in [0, 0.1) is 0 Å². The second kappa shape index (κ2) is 4.70. The normalized spacial score (nSPS) is 10.4. The van der Waals surface area contributed by atoms with Crippen molar-refractivity contribution in [3.8, 4) is 11.4 Å². The number of nitrogens with zero attached hydrogens (tertiary/aromatic N) is 3. The molecule has 0 aliphatic rings. The van der Waals surface area contributed by atoms with Gasteiger partial charge >= 0.3 is 0 Å². The molecule has 0 spiro atoms. The SMILES string of the molecule is c1cc(NCc2ccc[nH]2)cc(-c2nn[nH]n2)c1. The zero-order valence-electron chi connectivity index (χ0n) is 9.59. The van der Waals surface area contributed by atoms with Gasteiger partial charge in [0.2, 0.25) is 5.82 Å². The first-order valence-electron chi connectivity index (χ1n) is 5.62. The highest BCUT2D eigenvalue weighted by molar-refractivity contribution is 5.61. The van der Waals surface area contributed by atoms with Gasteiger partial charge in [-0.3, -0.25) is 0 Å². The van der Waals surface area contributed by atoms with Crippen molar-refractivity contribution in [3.63, 3.8) is 0 Å². The smallest absolute Gasteiger partial charge is 0.204 e. The lowest BCUT2D eigenvalue weighted by molar-refractivity contribution is 0.881. The van der Waals surface area contributed by atoms with Gasteiger partial charge < -0.3 is 10.3 Å². The summed E-state index contributed by atoms with van der Waals surface area (Å²) in [7, 11) is 0. The third kappa shape index (κ3) is 2.22. The molecule has 0 aliphatic carbocycles. The maximum absolute atomic E-state index is 3.96. The Balaban J connectivity index is 1.75. The van der Waals surface area contributed by atoms with E-state index in [-0.39, 0.29) is 0 Å². The number of hydrogen-bond donors (Lipinski definition) is 3. The molecule has 0 saturated carbocycles. The number of rotatable bonds is 4. The summed E-state index contributed by atoms with van der Waals surface area (Å²) in [5.41, 5.74) is 3.09. The second-order valence-corrected chi connectivity index (χ2v) is 3.87. The van der Waals surface area contributed by atoms with E-state index in [0.717, 1.165) is 23.5 Å². The molecule has 0 amide bonds. The first kappa shape index (κ1) is 10.5. The lowest BCUT2D eigenvalue weighted by atomic mass is 10.2. The van der Waals surface area contributed by atoms with Crippen LogP contribution in [0.25, 0.3) is 11.4 Å². The minimum Gasteiger partial charge on any atom is -0.379 e. The Labute approximate surface area is 103 Å². The lowest BCUT2D eigenvalue weighted by Crippen LogP contribution is -1.99. The number of H-pyrrole nitrogens is 2. The van der Waals surface area contributed by atoms with E-state index >= 15 is 0 Å². The van der Waals surface area contributed by atoms with Crippen molar-refractivity contribution in [2.75, 3.05) is 5.32 Å². The molecule has 3 aromatic rings. The van der Waals surface area contributed by atoms with Crippen molar-refractivity contribution in [1.29, 1.82) is 0 Å². The first-order chi connectivity index (χ1) is 8.92. The summed E-state index contributed by atoms with van der Waals surface area (Å²) < 4.78 is 0. The molecule has 18 heavy (non-hydrogen) atoms. The second-order valence-electron chi connectivity index (χ2n) is 3.87. The monoisotopic (exact) mass is 240 g/mol. The molecule has 2 aromatic heterocycles. The molecule has 0 aliphatic heterocycles. The van der Waals surface area contributed by atoms with Gasteiger partial charge in [-0.1, -0.05) is 12.1 Å². The molecule has 0 atom stereocenters. The van der Waals surface area contributed by atoms with Crippen LogP contribution in [0.5, 0.6) is 0 Å². The Morgan fingerprint density at radius 2 is 2.17 bits per heavy atom. The largest absolute Gasteiger partial charge is 0.379 e. The van der Waals surface area contributed by atoms with E-state index < -0.39 is 0 Å². The predicted octanol–water partition coefficient (Wildman–Crippen LogP) is 1.81. The number of nitrogens with one attached hydrogen (secondary N) is 3. The highest BCUT2D eigenvalue weighted by Crippen LogP contribution is 2.18. The highest BCUT2D eigenvalue weighted by Gasteiger charge is 2.03. The maximum Gasteiger partial charge on any atom is 0.204 e. The van der Waals surface area contributed by atoms with Crippen molar-refractivity contribution in [3.05, 3.63) is 48.3 Å². The van der Waals surface area contributed by atoms with Gasteiger partial charge in [0, 0.05) is 23.1 Å². The lowest BCUT2D eigenvalue weighted by Gasteiger charge is -2.05. The van der Waals surface area contributed by atoms with Crippen molar-refractivity contribution < 1.29 is 0 Å². The van der Waals surface area contributed by atoms with Crippen molar-refractivity contribution in [2.45, 2.75) is 6.54 Å². The summed E-state index contributed by atoms with van der Waals surface area (Å²) in [4.78, 5) is 3.15. The zero-order valence-corrected chi connectivity index (χ0v) is 9.59. The van der Waals surface area contributed by atoms with E-state index in [4.69, 9.17) is 0 Å². The maximum atomic E-state index is 3.96. The number of aromatic nitrogens is 5. The molecule has 1 aromatic carbocycles. The molecule has 0 saturated heterocycles.